The molecule has 0 aliphatic heterocycles. The van der Waals surface area contributed by atoms with E-state index < -0.39 is 38.5 Å². The molecule has 0 radical (unpaired) electrons. The topological polar surface area (TPSA) is 139 Å². The molecule has 0 aliphatic rings. The van der Waals surface area contributed by atoms with E-state index in [0.29, 0.717) is 0 Å². The van der Waals surface area contributed by atoms with Gasteiger partial charge in [0, 0.05) is 19.8 Å². The number of nitrogens with one attached hydrogen (secondary N) is 2. The number of esters is 1. The first-order valence-electron chi connectivity index (χ1n) is 8.46. The lowest BCUT2D eigenvalue weighted by Crippen LogP contribution is -2.23. The molecular formula is C18H21N3O7S2. The molecule has 0 saturated carbocycles. The molecule has 2 N–H and O–H groups in total. The maximum atomic E-state index is 12.2. The van der Waals surface area contributed by atoms with Crippen LogP contribution in [-0.2, 0) is 29.6 Å². The van der Waals surface area contributed by atoms with Gasteiger partial charge in [0.2, 0.25) is 20.0 Å². The Balaban J connectivity index is 2.05. The first kappa shape index (κ1) is 23.3. The van der Waals surface area contributed by atoms with Crippen molar-refractivity contribution < 1.29 is 31.2 Å². The number of hydrogen-bond donors (Lipinski definition) is 2. The first-order chi connectivity index (χ1) is 13.9. The number of nitrogens with zero attached hydrogens (tertiary/aromatic N) is 1. The molecule has 0 bridgehead atoms. The summed E-state index contributed by atoms with van der Waals surface area (Å²) in [4.78, 5) is 24.3. The zero-order valence-corrected chi connectivity index (χ0v) is 18.1. The zero-order valence-electron chi connectivity index (χ0n) is 16.4. The van der Waals surface area contributed by atoms with Crippen molar-refractivity contribution in [2.24, 2.45) is 0 Å². The second-order valence-electron chi connectivity index (χ2n) is 6.36. The Hall–Kier alpha value is -2.96. The molecule has 0 atom stereocenters. The van der Waals surface area contributed by atoms with Crippen LogP contribution >= 0.6 is 0 Å². The molecule has 162 valence electrons. The number of para-hydroxylation sites is 1. The Labute approximate surface area is 174 Å². The highest BCUT2D eigenvalue weighted by molar-refractivity contribution is 7.92. The number of hydrogen-bond acceptors (Lipinski definition) is 7. The number of carbonyl (C=O) groups is 2. The van der Waals surface area contributed by atoms with E-state index in [1.54, 1.807) is 0 Å². The summed E-state index contributed by atoms with van der Waals surface area (Å²) >= 11 is 0. The number of amides is 1. The minimum absolute atomic E-state index is 0.0110. The van der Waals surface area contributed by atoms with Crippen molar-refractivity contribution in [2.45, 2.75) is 4.90 Å². The van der Waals surface area contributed by atoms with Crippen LogP contribution in [0.1, 0.15) is 10.4 Å². The smallest absolute Gasteiger partial charge is 0.340 e. The summed E-state index contributed by atoms with van der Waals surface area (Å²) < 4.78 is 55.3. The Morgan fingerprint density at radius 1 is 1.00 bits per heavy atom. The fraction of sp³-hybridized carbons (Fsp3) is 0.222. The molecule has 0 unspecified atom stereocenters. The van der Waals surface area contributed by atoms with Crippen molar-refractivity contribution in [1.82, 2.24) is 4.31 Å². The summed E-state index contributed by atoms with van der Waals surface area (Å²) in [5.74, 6) is -1.60. The summed E-state index contributed by atoms with van der Waals surface area (Å²) in [5, 5.41) is 2.44. The molecule has 10 nitrogen and oxygen atoms in total. The largest absolute Gasteiger partial charge is 0.452 e. The van der Waals surface area contributed by atoms with Gasteiger partial charge in [-0.1, -0.05) is 18.2 Å². The summed E-state index contributed by atoms with van der Waals surface area (Å²) in [6, 6.07) is 11.4. The van der Waals surface area contributed by atoms with E-state index in [1.807, 2.05) is 0 Å². The van der Waals surface area contributed by atoms with E-state index in [4.69, 9.17) is 4.74 Å². The van der Waals surface area contributed by atoms with Crippen LogP contribution in [0.25, 0.3) is 0 Å². The molecule has 2 rings (SSSR count). The Kier molecular flexibility index (Phi) is 7.18. The molecular weight excluding hydrogens is 434 g/mol. The molecule has 0 aliphatic carbocycles. The molecule has 0 saturated heterocycles. The molecule has 30 heavy (non-hydrogen) atoms. The molecule has 2 aromatic carbocycles. The Morgan fingerprint density at radius 2 is 1.67 bits per heavy atom. The summed E-state index contributed by atoms with van der Waals surface area (Å²) in [7, 11) is -4.52. The normalized spacial score (nSPS) is 11.7. The van der Waals surface area contributed by atoms with Gasteiger partial charge in [0.1, 0.15) is 0 Å². The van der Waals surface area contributed by atoms with Crippen molar-refractivity contribution in [1.29, 1.82) is 0 Å². The van der Waals surface area contributed by atoms with Crippen molar-refractivity contribution in [2.75, 3.05) is 37.0 Å². The van der Waals surface area contributed by atoms with Crippen LogP contribution < -0.4 is 10.0 Å². The number of benzene rings is 2. The number of sulfonamides is 2. The lowest BCUT2D eigenvalue weighted by molar-refractivity contribution is -0.119. The predicted octanol–water partition coefficient (Wildman–Crippen LogP) is 1.10. The fourth-order valence-electron chi connectivity index (χ4n) is 2.30. The van der Waals surface area contributed by atoms with Gasteiger partial charge in [0.05, 0.1) is 22.4 Å². The maximum Gasteiger partial charge on any atom is 0.340 e. The fourth-order valence-corrected chi connectivity index (χ4v) is 3.83. The van der Waals surface area contributed by atoms with E-state index in [0.717, 1.165) is 10.6 Å². The Morgan fingerprint density at radius 3 is 2.30 bits per heavy atom. The summed E-state index contributed by atoms with van der Waals surface area (Å²) in [6.07, 6.45) is 0.938. The van der Waals surface area contributed by atoms with Crippen LogP contribution in [0.15, 0.2) is 53.4 Å². The summed E-state index contributed by atoms with van der Waals surface area (Å²) in [5.41, 5.74) is 0.167. The van der Waals surface area contributed by atoms with E-state index >= 15 is 0 Å². The van der Waals surface area contributed by atoms with Crippen LogP contribution in [0.3, 0.4) is 0 Å². The van der Waals surface area contributed by atoms with Gasteiger partial charge in [0.25, 0.3) is 5.91 Å². The van der Waals surface area contributed by atoms with E-state index in [1.165, 1.54) is 62.6 Å². The minimum atomic E-state index is -3.68. The average Bonchev–Trinajstić information content (AvgIpc) is 2.65. The predicted molar refractivity (Wildman–Crippen MR) is 111 cm³/mol. The molecule has 2 aromatic rings. The van der Waals surface area contributed by atoms with Gasteiger partial charge in [0.15, 0.2) is 6.61 Å². The number of anilines is 2. The van der Waals surface area contributed by atoms with E-state index in [-0.39, 0.29) is 21.8 Å². The van der Waals surface area contributed by atoms with Crippen LogP contribution in [0.2, 0.25) is 0 Å². The minimum Gasteiger partial charge on any atom is -0.452 e. The molecule has 12 heteroatoms. The third-order valence-corrected chi connectivity index (χ3v) is 6.07. The van der Waals surface area contributed by atoms with E-state index in [9.17, 15) is 26.4 Å². The molecule has 0 spiro atoms. The van der Waals surface area contributed by atoms with Crippen molar-refractivity contribution in [3.8, 4) is 0 Å². The van der Waals surface area contributed by atoms with Gasteiger partial charge in [-0.15, -0.1) is 0 Å². The van der Waals surface area contributed by atoms with Gasteiger partial charge in [-0.05, 0) is 30.3 Å². The standard InChI is InChI=1S/C18H21N3O7S2/c1-21(2)30(26,27)14-8-6-7-13(11-14)19-17(22)12-28-18(23)15-9-4-5-10-16(15)20-29(3,24)25/h4-11,20H,12H2,1-3H3,(H,19,22). The highest BCUT2D eigenvalue weighted by atomic mass is 32.2. The lowest BCUT2D eigenvalue weighted by atomic mass is 10.2. The van der Waals surface area contributed by atoms with Gasteiger partial charge < -0.3 is 10.1 Å². The van der Waals surface area contributed by atoms with Crippen LogP contribution in [0, 0.1) is 0 Å². The van der Waals surface area contributed by atoms with Gasteiger partial charge in [-0.3, -0.25) is 9.52 Å². The highest BCUT2D eigenvalue weighted by Gasteiger charge is 2.19. The number of carbonyl (C=O) groups excluding carboxylic acids is 2. The van der Waals surface area contributed by atoms with E-state index in [2.05, 4.69) is 10.0 Å². The first-order valence-corrected chi connectivity index (χ1v) is 11.8. The highest BCUT2D eigenvalue weighted by Crippen LogP contribution is 2.19. The third-order valence-electron chi connectivity index (χ3n) is 3.67. The quantitative estimate of drug-likeness (QED) is 0.568. The second kappa shape index (κ2) is 9.24. The number of ether oxygens (including phenoxy) is 1. The van der Waals surface area contributed by atoms with Gasteiger partial charge >= 0.3 is 5.97 Å². The average molecular weight is 456 g/mol. The molecule has 0 heterocycles. The van der Waals surface area contributed by atoms with Gasteiger partial charge in [-0.25, -0.2) is 25.9 Å². The zero-order chi connectivity index (χ0) is 22.5. The van der Waals surface area contributed by atoms with Crippen molar-refractivity contribution in [3.63, 3.8) is 0 Å². The lowest BCUT2D eigenvalue weighted by Gasteiger charge is -2.13. The Bertz CT molecular complexity index is 1160. The monoisotopic (exact) mass is 455 g/mol. The van der Waals surface area contributed by atoms with Crippen molar-refractivity contribution >= 4 is 43.3 Å². The van der Waals surface area contributed by atoms with Crippen LogP contribution in [0.4, 0.5) is 11.4 Å². The third kappa shape index (κ3) is 6.27. The van der Waals surface area contributed by atoms with Crippen LogP contribution in [-0.4, -0.2) is 60.0 Å². The SMILES string of the molecule is CN(C)S(=O)(=O)c1cccc(NC(=O)COC(=O)c2ccccc2NS(C)(=O)=O)c1. The molecule has 0 aromatic heterocycles. The summed E-state index contributed by atoms with van der Waals surface area (Å²) in [6.45, 7) is -0.656. The number of rotatable bonds is 8. The van der Waals surface area contributed by atoms with Crippen LogP contribution in [0.5, 0.6) is 0 Å². The second-order valence-corrected chi connectivity index (χ2v) is 10.3. The maximum absolute atomic E-state index is 12.2. The van der Waals surface area contributed by atoms with Gasteiger partial charge in [-0.2, -0.15) is 0 Å². The van der Waals surface area contributed by atoms with Crippen molar-refractivity contribution in [3.05, 3.63) is 54.1 Å². The molecule has 0 fully saturated rings. The molecule has 1 amide bonds.